The molecule has 0 rings (SSSR count). The lowest BCUT2D eigenvalue weighted by Gasteiger charge is -2.38. The zero-order valence-corrected chi connectivity index (χ0v) is 11.5. The van der Waals surface area contributed by atoms with E-state index in [1.165, 1.54) is 0 Å². The van der Waals surface area contributed by atoms with E-state index in [1.54, 1.807) is 34.6 Å². The van der Waals surface area contributed by atoms with E-state index in [0.717, 1.165) is 6.42 Å². The highest BCUT2D eigenvalue weighted by Crippen LogP contribution is 2.30. The van der Waals surface area contributed by atoms with Gasteiger partial charge in [-0.25, -0.2) is 0 Å². The summed E-state index contributed by atoms with van der Waals surface area (Å²) in [5.41, 5.74) is -1.24. The molecule has 4 nitrogen and oxygen atoms in total. The Morgan fingerprint density at radius 2 is 1.71 bits per heavy atom. The van der Waals surface area contributed by atoms with Crippen LogP contribution >= 0.6 is 0 Å². The molecule has 0 radical (unpaired) electrons. The van der Waals surface area contributed by atoms with E-state index in [1.807, 2.05) is 13.0 Å². The van der Waals surface area contributed by atoms with Gasteiger partial charge < -0.3 is 10.4 Å². The largest absolute Gasteiger partial charge is 0.481 e. The van der Waals surface area contributed by atoms with Gasteiger partial charge in [-0.2, -0.15) is 0 Å². The van der Waals surface area contributed by atoms with Crippen LogP contribution in [0.4, 0.5) is 0 Å². The van der Waals surface area contributed by atoms with Crippen molar-refractivity contribution < 1.29 is 14.7 Å². The lowest BCUT2D eigenvalue weighted by molar-refractivity contribution is -0.151. The Hall–Kier alpha value is -1.32. The molecule has 2 N–H and O–H groups in total. The van der Waals surface area contributed by atoms with Gasteiger partial charge in [0.05, 0.1) is 11.0 Å². The Morgan fingerprint density at radius 1 is 1.24 bits per heavy atom. The van der Waals surface area contributed by atoms with Gasteiger partial charge in [0.15, 0.2) is 0 Å². The lowest BCUT2D eigenvalue weighted by Crippen LogP contribution is -2.57. The molecule has 1 amide bonds. The van der Waals surface area contributed by atoms with Gasteiger partial charge in [-0.3, -0.25) is 9.59 Å². The van der Waals surface area contributed by atoms with Crippen LogP contribution in [-0.2, 0) is 9.59 Å². The number of carbonyl (C=O) groups excluding carboxylic acids is 1. The molecule has 0 unspecified atom stereocenters. The van der Waals surface area contributed by atoms with Gasteiger partial charge in [-0.1, -0.05) is 13.0 Å². The van der Waals surface area contributed by atoms with Gasteiger partial charge in [0.2, 0.25) is 5.91 Å². The van der Waals surface area contributed by atoms with Crippen molar-refractivity contribution in [2.75, 3.05) is 0 Å². The highest BCUT2D eigenvalue weighted by molar-refractivity contribution is 5.93. The summed E-state index contributed by atoms with van der Waals surface area (Å²) in [6.07, 6.45) is 2.60. The van der Waals surface area contributed by atoms with E-state index in [2.05, 4.69) is 5.32 Å². The maximum absolute atomic E-state index is 11.8. The number of carboxylic acid groups (broad SMARTS) is 1. The minimum absolute atomic E-state index is 0.217. The first-order chi connectivity index (χ1) is 7.56. The summed E-state index contributed by atoms with van der Waals surface area (Å²) in [6, 6.07) is 0. The van der Waals surface area contributed by atoms with E-state index in [-0.39, 0.29) is 5.91 Å². The molecule has 0 aliphatic heterocycles. The molecular weight excluding hydrogens is 218 g/mol. The van der Waals surface area contributed by atoms with Crippen LogP contribution < -0.4 is 5.32 Å². The summed E-state index contributed by atoms with van der Waals surface area (Å²) in [5.74, 6) is -1.15. The first-order valence-corrected chi connectivity index (χ1v) is 5.79. The average Bonchev–Trinajstić information content (AvgIpc) is 2.16. The Bertz CT molecular complexity index is 341. The first-order valence-electron chi connectivity index (χ1n) is 5.79. The Morgan fingerprint density at radius 3 is 2.06 bits per heavy atom. The molecule has 0 atom stereocenters. The minimum atomic E-state index is -1.03. The molecule has 0 fully saturated rings. The summed E-state index contributed by atoms with van der Waals surface area (Å²) in [7, 11) is 0. The monoisotopic (exact) mass is 241 g/mol. The number of nitrogens with one attached hydrogen (secondary N) is 1. The number of carbonyl (C=O) groups is 2. The van der Waals surface area contributed by atoms with Gasteiger partial charge in [0.1, 0.15) is 0 Å². The molecule has 0 aromatic heterocycles. The van der Waals surface area contributed by atoms with Crippen molar-refractivity contribution in [2.45, 2.75) is 53.5 Å². The number of carboxylic acids is 1. The fraction of sp³-hybridized carbons (Fsp3) is 0.692. The zero-order chi connectivity index (χ0) is 13.9. The van der Waals surface area contributed by atoms with Crippen molar-refractivity contribution in [3.8, 4) is 0 Å². The number of allylic oxidation sites excluding steroid dienone is 1. The van der Waals surface area contributed by atoms with Crippen molar-refractivity contribution in [3.63, 3.8) is 0 Å². The van der Waals surface area contributed by atoms with Gasteiger partial charge in [-0.15, -0.1) is 0 Å². The molecule has 0 aromatic carbocycles. The van der Waals surface area contributed by atoms with Crippen molar-refractivity contribution in [1.29, 1.82) is 0 Å². The molecule has 98 valence electrons. The van der Waals surface area contributed by atoms with Crippen LogP contribution in [0.1, 0.15) is 48.0 Å². The normalized spacial score (nSPS) is 13.4. The molecular formula is C13H23NO3. The van der Waals surface area contributed by atoms with E-state index in [9.17, 15) is 9.59 Å². The van der Waals surface area contributed by atoms with Crippen LogP contribution in [0.5, 0.6) is 0 Å². The van der Waals surface area contributed by atoms with Crippen LogP contribution in [0.25, 0.3) is 0 Å². The van der Waals surface area contributed by atoms with Crippen molar-refractivity contribution in [2.24, 2.45) is 5.41 Å². The highest BCUT2D eigenvalue weighted by atomic mass is 16.4. The predicted octanol–water partition coefficient (Wildman–Crippen LogP) is 2.35. The summed E-state index contributed by atoms with van der Waals surface area (Å²) in [6.45, 7) is 10.3. The number of aliphatic carboxylic acids is 1. The second-order valence-corrected chi connectivity index (χ2v) is 5.30. The van der Waals surface area contributed by atoms with Gasteiger partial charge in [0, 0.05) is 5.57 Å². The molecule has 0 bridgehead atoms. The second-order valence-electron chi connectivity index (χ2n) is 5.30. The third-order valence-electron chi connectivity index (χ3n) is 3.39. The maximum Gasteiger partial charge on any atom is 0.311 e. The standard InChI is InChI=1S/C13H23NO3/c1-7-8-9(2)10(15)14-13(5,6)12(3,4)11(16)17/h8H,7H2,1-6H3,(H,14,15)(H,16,17)/b9-8+. The van der Waals surface area contributed by atoms with Gasteiger partial charge in [-0.05, 0) is 41.0 Å². The third kappa shape index (κ3) is 3.58. The van der Waals surface area contributed by atoms with Gasteiger partial charge >= 0.3 is 5.97 Å². The summed E-state index contributed by atoms with van der Waals surface area (Å²) < 4.78 is 0. The number of amides is 1. The van der Waals surface area contributed by atoms with E-state index in [4.69, 9.17) is 5.11 Å². The number of hydrogen-bond acceptors (Lipinski definition) is 2. The number of rotatable bonds is 5. The molecule has 0 aromatic rings. The molecule has 0 saturated heterocycles. The van der Waals surface area contributed by atoms with Crippen molar-refractivity contribution in [1.82, 2.24) is 5.32 Å². The van der Waals surface area contributed by atoms with E-state index < -0.39 is 16.9 Å². The van der Waals surface area contributed by atoms with Crippen molar-refractivity contribution >= 4 is 11.9 Å². The minimum Gasteiger partial charge on any atom is -0.481 e. The lowest BCUT2D eigenvalue weighted by atomic mass is 9.74. The smallest absolute Gasteiger partial charge is 0.311 e. The highest BCUT2D eigenvalue weighted by Gasteiger charge is 2.44. The second kappa shape index (κ2) is 5.34. The third-order valence-corrected chi connectivity index (χ3v) is 3.39. The number of hydrogen-bond donors (Lipinski definition) is 2. The van der Waals surface area contributed by atoms with Crippen molar-refractivity contribution in [3.05, 3.63) is 11.6 Å². The van der Waals surface area contributed by atoms with Crippen LogP contribution in [-0.4, -0.2) is 22.5 Å². The average molecular weight is 241 g/mol. The Labute approximate surface area is 103 Å². The molecule has 0 aliphatic carbocycles. The fourth-order valence-corrected chi connectivity index (χ4v) is 1.20. The molecule has 4 heteroatoms. The van der Waals surface area contributed by atoms with E-state index >= 15 is 0 Å². The van der Waals surface area contributed by atoms with Crippen LogP contribution in [0.3, 0.4) is 0 Å². The maximum atomic E-state index is 11.8. The molecule has 0 heterocycles. The molecule has 0 aliphatic rings. The van der Waals surface area contributed by atoms with Crippen LogP contribution in [0, 0.1) is 5.41 Å². The quantitative estimate of drug-likeness (QED) is 0.726. The SMILES string of the molecule is CC/C=C(\C)C(=O)NC(C)(C)C(C)(C)C(=O)O. The molecule has 0 saturated carbocycles. The Balaban J connectivity index is 4.95. The molecule has 17 heavy (non-hydrogen) atoms. The van der Waals surface area contributed by atoms with E-state index in [0.29, 0.717) is 5.57 Å². The van der Waals surface area contributed by atoms with Gasteiger partial charge in [0.25, 0.3) is 0 Å². The summed E-state index contributed by atoms with van der Waals surface area (Å²) in [5, 5.41) is 11.9. The molecule has 0 spiro atoms. The Kier molecular flexibility index (Phi) is 4.93. The summed E-state index contributed by atoms with van der Waals surface area (Å²) >= 11 is 0. The summed E-state index contributed by atoms with van der Waals surface area (Å²) in [4.78, 5) is 23.0. The zero-order valence-electron chi connectivity index (χ0n) is 11.5. The fourth-order valence-electron chi connectivity index (χ4n) is 1.20. The van der Waals surface area contributed by atoms with Crippen LogP contribution in [0.15, 0.2) is 11.6 Å². The predicted molar refractivity (Wildman–Crippen MR) is 67.7 cm³/mol. The van der Waals surface area contributed by atoms with Crippen LogP contribution in [0.2, 0.25) is 0 Å². The first kappa shape index (κ1) is 15.7. The topological polar surface area (TPSA) is 66.4 Å².